The maximum atomic E-state index is 8.97. The fourth-order valence-corrected chi connectivity index (χ4v) is 3.22. The Bertz CT molecular complexity index is 518. The van der Waals surface area contributed by atoms with Crippen LogP contribution in [0, 0.1) is 11.8 Å². The van der Waals surface area contributed by atoms with Gasteiger partial charge in [-0.3, -0.25) is 0 Å². The molecule has 1 aliphatic rings. The lowest BCUT2D eigenvalue weighted by Gasteiger charge is -2.43. The SMILES string of the molecule is CC1CC(C)C(C)N(c2ccc(Cl)cc2/C(N)=N/O)C1. The van der Waals surface area contributed by atoms with Crippen LogP contribution in [0.4, 0.5) is 5.69 Å². The molecule has 0 amide bonds. The van der Waals surface area contributed by atoms with Crippen molar-refractivity contribution < 1.29 is 5.21 Å². The first-order chi connectivity index (χ1) is 9.43. The molecule has 110 valence electrons. The predicted octanol–water partition coefficient (Wildman–Crippen LogP) is 3.31. The molecule has 20 heavy (non-hydrogen) atoms. The van der Waals surface area contributed by atoms with Crippen molar-refractivity contribution in [3.05, 3.63) is 28.8 Å². The number of rotatable bonds is 2. The standard InChI is InChI=1S/C15H22ClN3O/c1-9-6-10(2)11(3)19(8-9)14-5-4-12(16)7-13(14)15(17)18-20/h4-5,7,9-11,20H,6,8H2,1-3H3,(H2,17,18). The minimum atomic E-state index is 0.0978. The second-order valence-corrected chi connectivity index (χ2v) is 6.29. The van der Waals surface area contributed by atoms with Crippen LogP contribution < -0.4 is 10.6 Å². The fraction of sp³-hybridized carbons (Fsp3) is 0.533. The van der Waals surface area contributed by atoms with Crippen LogP contribution in [0.5, 0.6) is 0 Å². The summed E-state index contributed by atoms with van der Waals surface area (Å²) in [6, 6.07) is 5.97. The lowest BCUT2D eigenvalue weighted by molar-refractivity contribution is 0.297. The van der Waals surface area contributed by atoms with Crippen molar-refractivity contribution >= 4 is 23.1 Å². The van der Waals surface area contributed by atoms with Gasteiger partial charge in [-0.1, -0.05) is 30.6 Å². The summed E-state index contributed by atoms with van der Waals surface area (Å²) in [5, 5.41) is 12.7. The number of anilines is 1. The van der Waals surface area contributed by atoms with Crippen LogP contribution in [0.1, 0.15) is 32.8 Å². The fourth-order valence-electron chi connectivity index (χ4n) is 3.05. The second-order valence-electron chi connectivity index (χ2n) is 5.86. The minimum absolute atomic E-state index is 0.0978. The Balaban J connectivity index is 2.46. The molecule has 3 N–H and O–H groups in total. The van der Waals surface area contributed by atoms with Gasteiger partial charge in [-0.2, -0.15) is 0 Å². The van der Waals surface area contributed by atoms with E-state index in [4.69, 9.17) is 22.5 Å². The Hall–Kier alpha value is -1.42. The number of nitrogens with zero attached hydrogens (tertiary/aromatic N) is 2. The van der Waals surface area contributed by atoms with E-state index < -0.39 is 0 Å². The number of halogens is 1. The van der Waals surface area contributed by atoms with Crippen LogP contribution in [0.25, 0.3) is 0 Å². The summed E-state index contributed by atoms with van der Waals surface area (Å²) < 4.78 is 0. The highest BCUT2D eigenvalue weighted by molar-refractivity contribution is 6.31. The molecule has 5 heteroatoms. The molecular formula is C15H22ClN3O. The third-order valence-electron chi connectivity index (χ3n) is 4.25. The Morgan fingerprint density at radius 3 is 2.75 bits per heavy atom. The van der Waals surface area contributed by atoms with Crippen molar-refractivity contribution in [1.82, 2.24) is 0 Å². The number of nitrogens with two attached hydrogens (primary N) is 1. The third kappa shape index (κ3) is 2.85. The number of hydrogen-bond acceptors (Lipinski definition) is 3. The summed E-state index contributed by atoms with van der Waals surface area (Å²) in [5.74, 6) is 1.33. The van der Waals surface area contributed by atoms with Crippen molar-refractivity contribution in [2.75, 3.05) is 11.4 Å². The number of amidine groups is 1. The Kier molecular flexibility index (Phi) is 4.43. The van der Waals surface area contributed by atoms with Gasteiger partial charge >= 0.3 is 0 Å². The number of oxime groups is 1. The van der Waals surface area contributed by atoms with Crippen molar-refractivity contribution in [2.45, 2.75) is 33.2 Å². The molecule has 4 nitrogen and oxygen atoms in total. The molecule has 1 fully saturated rings. The van der Waals surface area contributed by atoms with E-state index in [2.05, 4.69) is 30.8 Å². The van der Waals surface area contributed by atoms with Crippen molar-refractivity contribution in [3.63, 3.8) is 0 Å². The Labute approximate surface area is 125 Å². The highest BCUT2D eigenvalue weighted by atomic mass is 35.5. The lowest BCUT2D eigenvalue weighted by atomic mass is 9.85. The summed E-state index contributed by atoms with van der Waals surface area (Å²) in [6.45, 7) is 7.72. The zero-order valence-corrected chi connectivity index (χ0v) is 12.9. The van der Waals surface area contributed by atoms with E-state index in [1.165, 1.54) is 6.42 Å². The number of hydrogen-bond donors (Lipinski definition) is 2. The molecule has 0 bridgehead atoms. The second kappa shape index (κ2) is 5.92. The van der Waals surface area contributed by atoms with E-state index >= 15 is 0 Å². The molecule has 1 saturated heterocycles. The summed E-state index contributed by atoms with van der Waals surface area (Å²) in [5.41, 5.74) is 7.47. The first kappa shape index (κ1) is 15.0. The van der Waals surface area contributed by atoms with Gasteiger partial charge in [0.1, 0.15) is 0 Å². The molecule has 1 heterocycles. The van der Waals surface area contributed by atoms with Gasteiger partial charge in [0.25, 0.3) is 0 Å². The monoisotopic (exact) mass is 295 g/mol. The molecule has 0 saturated carbocycles. The molecule has 3 unspecified atom stereocenters. The Morgan fingerprint density at radius 2 is 2.10 bits per heavy atom. The molecule has 0 radical (unpaired) electrons. The van der Waals surface area contributed by atoms with Crippen molar-refractivity contribution in [3.8, 4) is 0 Å². The van der Waals surface area contributed by atoms with Gasteiger partial charge < -0.3 is 15.8 Å². The van der Waals surface area contributed by atoms with Crippen LogP contribution in [0.2, 0.25) is 5.02 Å². The van der Waals surface area contributed by atoms with E-state index in [1.807, 2.05) is 12.1 Å². The minimum Gasteiger partial charge on any atom is -0.409 e. The maximum absolute atomic E-state index is 8.97. The van der Waals surface area contributed by atoms with Gasteiger partial charge in [-0.05, 0) is 43.4 Å². The summed E-state index contributed by atoms with van der Waals surface area (Å²) in [6.07, 6.45) is 1.23. The number of piperidine rings is 1. The van der Waals surface area contributed by atoms with Crippen LogP contribution >= 0.6 is 11.6 Å². The molecule has 0 aliphatic carbocycles. The largest absolute Gasteiger partial charge is 0.409 e. The molecular weight excluding hydrogens is 274 g/mol. The van der Waals surface area contributed by atoms with Gasteiger partial charge in [0, 0.05) is 28.9 Å². The summed E-state index contributed by atoms with van der Waals surface area (Å²) >= 11 is 6.04. The van der Waals surface area contributed by atoms with E-state index in [0.717, 1.165) is 12.2 Å². The molecule has 2 rings (SSSR count). The average molecular weight is 296 g/mol. The molecule has 1 aliphatic heterocycles. The topological polar surface area (TPSA) is 61.8 Å². The zero-order chi connectivity index (χ0) is 14.9. The molecule has 1 aromatic carbocycles. The van der Waals surface area contributed by atoms with Gasteiger partial charge in [0.2, 0.25) is 0 Å². The first-order valence-electron chi connectivity index (χ1n) is 6.98. The van der Waals surface area contributed by atoms with Gasteiger partial charge in [-0.15, -0.1) is 0 Å². The van der Waals surface area contributed by atoms with E-state index in [-0.39, 0.29) is 5.84 Å². The summed E-state index contributed by atoms with van der Waals surface area (Å²) in [4.78, 5) is 2.34. The third-order valence-corrected chi connectivity index (χ3v) is 4.48. The lowest BCUT2D eigenvalue weighted by Crippen LogP contribution is -2.46. The van der Waals surface area contributed by atoms with Gasteiger partial charge in [0.15, 0.2) is 5.84 Å². The van der Waals surface area contributed by atoms with E-state index in [0.29, 0.717) is 28.5 Å². The zero-order valence-electron chi connectivity index (χ0n) is 12.2. The highest BCUT2D eigenvalue weighted by Crippen LogP contribution is 2.34. The van der Waals surface area contributed by atoms with Crippen LogP contribution in [0.3, 0.4) is 0 Å². The van der Waals surface area contributed by atoms with Crippen molar-refractivity contribution in [2.24, 2.45) is 22.7 Å². The Morgan fingerprint density at radius 1 is 1.40 bits per heavy atom. The van der Waals surface area contributed by atoms with Crippen LogP contribution in [-0.2, 0) is 0 Å². The number of benzene rings is 1. The normalized spacial score (nSPS) is 27.7. The van der Waals surface area contributed by atoms with Crippen LogP contribution in [-0.4, -0.2) is 23.6 Å². The van der Waals surface area contributed by atoms with E-state index in [9.17, 15) is 0 Å². The smallest absolute Gasteiger partial charge is 0.172 e. The van der Waals surface area contributed by atoms with E-state index in [1.54, 1.807) is 6.07 Å². The van der Waals surface area contributed by atoms with Crippen LogP contribution in [0.15, 0.2) is 23.4 Å². The quantitative estimate of drug-likeness (QED) is 0.381. The molecule has 1 aromatic rings. The highest BCUT2D eigenvalue weighted by Gasteiger charge is 2.30. The maximum Gasteiger partial charge on any atom is 0.172 e. The van der Waals surface area contributed by atoms with Crippen molar-refractivity contribution in [1.29, 1.82) is 0 Å². The predicted molar refractivity (Wildman–Crippen MR) is 83.7 cm³/mol. The molecule has 3 atom stereocenters. The van der Waals surface area contributed by atoms with Gasteiger partial charge in [-0.25, -0.2) is 0 Å². The van der Waals surface area contributed by atoms with Gasteiger partial charge in [0.05, 0.1) is 0 Å². The average Bonchev–Trinajstić information content (AvgIpc) is 2.42. The molecule has 0 aromatic heterocycles. The molecule has 0 spiro atoms. The summed E-state index contributed by atoms with van der Waals surface area (Å²) in [7, 11) is 0. The first-order valence-corrected chi connectivity index (χ1v) is 7.36.